The molecule has 1 aromatic rings. The van der Waals surface area contributed by atoms with E-state index in [1.54, 1.807) is 0 Å². The van der Waals surface area contributed by atoms with Crippen LogP contribution in [0.25, 0.3) is 0 Å². The smallest absolute Gasteiger partial charge is 0.313 e. The van der Waals surface area contributed by atoms with Gasteiger partial charge in [-0.3, -0.25) is 19.8 Å². The number of ether oxygens (including phenoxy) is 2. The van der Waals surface area contributed by atoms with Crippen molar-refractivity contribution in [3.8, 4) is 11.5 Å². The lowest BCUT2D eigenvalue weighted by Gasteiger charge is -2.43. The standard InChI is InChI=1S/C10H14N2O4.C6H4O/c1-6(13)11-12-7(5-8(12)14)10(3-4-10)9(15)16-2;1-2-5-4-6(3-1)7-5/h7H,3-5H2,1-2H3,(H,11,13);1-4H/t7-;/m1./s1. The summed E-state index contributed by atoms with van der Waals surface area (Å²) in [6.45, 7) is 1.33. The van der Waals surface area contributed by atoms with Crippen molar-refractivity contribution >= 4 is 17.8 Å². The van der Waals surface area contributed by atoms with Gasteiger partial charge in [0.2, 0.25) is 11.8 Å². The molecule has 1 saturated heterocycles. The number of carbonyl (C=O) groups is 3. The van der Waals surface area contributed by atoms with Gasteiger partial charge in [-0.2, -0.15) is 0 Å². The number of hydrazine groups is 1. The lowest BCUT2D eigenvalue weighted by molar-refractivity contribution is -0.168. The molecule has 3 aliphatic heterocycles. The van der Waals surface area contributed by atoms with E-state index in [1.165, 1.54) is 19.0 Å². The summed E-state index contributed by atoms with van der Waals surface area (Å²) in [6.07, 6.45) is 1.73. The zero-order valence-corrected chi connectivity index (χ0v) is 13.0. The molecule has 1 aliphatic carbocycles. The van der Waals surface area contributed by atoms with E-state index in [9.17, 15) is 14.4 Å². The molecule has 0 unspecified atom stereocenters. The first-order chi connectivity index (χ1) is 11.0. The number of carbonyl (C=O) groups excluding carboxylic acids is 3. The zero-order chi connectivity index (χ0) is 16.6. The van der Waals surface area contributed by atoms with Gasteiger partial charge in [0.15, 0.2) is 0 Å². The number of nitrogens with zero attached hydrogens (tertiary/aromatic N) is 1. The molecule has 2 bridgehead atoms. The van der Waals surface area contributed by atoms with Crippen molar-refractivity contribution in [2.45, 2.75) is 32.2 Å². The third-order valence-electron chi connectivity index (χ3n) is 4.29. The molecule has 1 N–H and O–H groups in total. The summed E-state index contributed by atoms with van der Waals surface area (Å²) in [6, 6.07) is 7.62. The summed E-state index contributed by atoms with van der Waals surface area (Å²) in [5, 5.41) is 1.26. The summed E-state index contributed by atoms with van der Waals surface area (Å²) >= 11 is 0. The Labute approximate surface area is 133 Å². The second-order valence-corrected chi connectivity index (χ2v) is 5.88. The number of esters is 1. The Bertz CT molecular complexity index is 643. The second-order valence-electron chi connectivity index (χ2n) is 5.88. The normalized spacial score (nSPS) is 21.6. The van der Waals surface area contributed by atoms with Crippen LogP contribution in [0.5, 0.6) is 11.5 Å². The van der Waals surface area contributed by atoms with E-state index in [-0.39, 0.29) is 23.8 Å². The van der Waals surface area contributed by atoms with Crippen molar-refractivity contribution in [2.24, 2.45) is 5.41 Å². The Morgan fingerprint density at radius 3 is 2.26 bits per heavy atom. The predicted octanol–water partition coefficient (Wildman–Crippen LogP) is 1.38. The highest BCUT2D eigenvalue weighted by molar-refractivity contribution is 5.90. The maximum atomic E-state index is 11.6. The van der Waals surface area contributed by atoms with Crippen LogP contribution >= 0.6 is 0 Å². The van der Waals surface area contributed by atoms with E-state index in [0.717, 1.165) is 11.5 Å². The van der Waals surface area contributed by atoms with Gasteiger partial charge in [0, 0.05) is 13.0 Å². The Balaban J connectivity index is 0.000000183. The minimum absolute atomic E-state index is 0.157. The molecule has 0 radical (unpaired) electrons. The number of benzene rings is 1. The molecular weight excluding hydrogens is 300 g/mol. The highest BCUT2D eigenvalue weighted by Gasteiger charge is 2.63. The number of hydrogen-bond donors (Lipinski definition) is 1. The first-order valence-electron chi connectivity index (χ1n) is 7.42. The molecule has 4 aliphatic rings. The lowest BCUT2D eigenvalue weighted by atomic mass is 9.87. The average molecular weight is 318 g/mol. The molecule has 1 atom stereocenters. The third-order valence-corrected chi connectivity index (χ3v) is 4.29. The van der Waals surface area contributed by atoms with Gasteiger partial charge < -0.3 is 9.47 Å². The Kier molecular flexibility index (Phi) is 3.71. The molecule has 23 heavy (non-hydrogen) atoms. The van der Waals surface area contributed by atoms with Crippen LogP contribution < -0.4 is 10.2 Å². The van der Waals surface area contributed by atoms with Crippen molar-refractivity contribution in [2.75, 3.05) is 7.11 Å². The fraction of sp³-hybridized carbons (Fsp3) is 0.438. The van der Waals surface area contributed by atoms with E-state index < -0.39 is 5.41 Å². The summed E-state index contributed by atoms with van der Waals surface area (Å²) in [7, 11) is 1.34. The van der Waals surface area contributed by atoms with Gasteiger partial charge in [0.1, 0.15) is 11.5 Å². The highest BCUT2D eigenvalue weighted by Crippen LogP contribution is 2.54. The maximum Gasteiger partial charge on any atom is 0.313 e. The van der Waals surface area contributed by atoms with Crippen LogP contribution in [-0.2, 0) is 19.1 Å². The van der Waals surface area contributed by atoms with E-state index in [0.29, 0.717) is 19.3 Å². The molecule has 122 valence electrons. The first kappa shape index (κ1) is 15.3. The quantitative estimate of drug-likeness (QED) is 0.683. The topological polar surface area (TPSA) is 84.9 Å². The van der Waals surface area contributed by atoms with Crippen LogP contribution in [0.15, 0.2) is 24.3 Å². The van der Waals surface area contributed by atoms with Crippen molar-refractivity contribution in [3.63, 3.8) is 0 Å². The summed E-state index contributed by atoms with van der Waals surface area (Å²) in [4.78, 5) is 33.8. The number of β-lactam (4-membered cyclic amide) rings is 1. The van der Waals surface area contributed by atoms with Crippen molar-refractivity contribution in [1.82, 2.24) is 10.4 Å². The second kappa shape index (κ2) is 5.57. The molecule has 2 amide bonds. The largest absolute Gasteiger partial charge is 0.469 e. The van der Waals surface area contributed by atoms with E-state index in [1.807, 2.05) is 24.3 Å². The van der Waals surface area contributed by atoms with Gasteiger partial charge in [0.25, 0.3) is 0 Å². The van der Waals surface area contributed by atoms with Crippen LogP contribution in [0.1, 0.15) is 26.2 Å². The van der Waals surface area contributed by atoms with Gasteiger partial charge in [-0.25, -0.2) is 5.01 Å². The number of fused-ring (bicyclic) bond motifs is 2. The van der Waals surface area contributed by atoms with Crippen LogP contribution in [0.3, 0.4) is 0 Å². The molecule has 3 heterocycles. The fourth-order valence-corrected chi connectivity index (χ4v) is 2.86. The fourth-order valence-electron chi connectivity index (χ4n) is 2.86. The van der Waals surface area contributed by atoms with Crippen LogP contribution in [-0.4, -0.2) is 35.9 Å². The van der Waals surface area contributed by atoms with Gasteiger partial charge in [-0.05, 0) is 25.0 Å². The Morgan fingerprint density at radius 1 is 1.35 bits per heavy atom. The average Bonchev–Trinajstić information content (AvgIpc) is 3.31. The number of hydrogen-bond acceptors (Lipinski definition) is 5. The highest BCUT2D eigenvalue weighted by atomic mass is 16.5. The maximum absolute atomic E-state index is 11.6. The molecule has 0 aromatic heterocycles. The number of methoxy groups -OCH3 is 1. The number of rotatable bonds is 3. The number of nitrogens with one attached hydrogen (secondary N) is 1. The van der Waals surface area contributed by atoms with Crippen LogP contribution in [0.4, 0.5) is 0 Å². The monoisotopic (exact) mass is 318 g/mol. The Morgan fingerprint density at radius 2 is 1.96 bits per heavy atom. The van der Waals surface area contributed by atoms with E-state index >= 15 is 0 Å². The minimum atomic E-state index is -0.578. The molecule has 2 fully saturated rings. The number of amides is 2. The van der Waals surface area contributed by atoms with Crippen molar-refractivity contribution in [3.05, 3.63) is 24.3 Å². The Hall–Kier alpha value is -2.57. The van der Waals surface area contributed by atoms with E-state index in [4.69, 9.17) is 9.47 Å². The molecule has 7 heteroatoms. The third kappa shape index (κ3) is 2.74. The molecular formula is C16H18N2O5. The van der Waals surface area contributed by atoms with Crippen LogP contribution in [0.2, 0.25) is 0 Å². The van der Waals surface area contributed by atoms with E-state index in [2.05, 4.69) is 5.43 Å². The SMILES string of the molecule is COC(=O)C1([C@H]2CC(=O)N2NC(C)=O)CC1.c1cc2cc(c1)O2. The van der Waals surface area contributed by atoms with Crippen molar-refractivity contribution < 1.29 is 23.9 Å². The summed E-state index contributed by atoms with van der Waals surface area (Å²) in [5.41, 5.74) is 1.86. The molecule has 1 saturated carbocycles. The van der Waals surface area contributed by atoms with Gasteiger partial charge in [-0.15, -0.1) is 0 Å². The first-order valence-corrected chi connectivity index (χ1v) is 7.42. The minimum Gasteiger partial charge on any atom is -0.469 e. The summed E-state index contributed by atoms with van der Waals surface area (Å²) in [5.74, 6) is 1.21. The van der Waals surface area contributed by atoms with Gasteiger partial charge >= 0.3 is 5.97 Å². The van der Waals surface area contributed by atoms with Crippen LogP contribution in [0, 0.1) is 5.41 Å². The van der Waals surface area contributed by atoms with Gasteiger partial charge in [-0.1, -0.05) is 6.07 Å². The van der Waals surface area contributed by atoms with Crippen molar-refractivity contribution in [1.29, 1.82) is 0 Å². The molecule has 7 nitrogen and oxygen atoms in total. The summed E-state index contributed by atoms with van der Waals surface area (Å²) < 4.78 is 9.74. The molecule has 5 rings (SSSR count). The lowest BCUT2D eigenvalue weighted by Crippen LogP contribution is -2.65. The molecule has 0 spiro atoms. The van der Waals surface area contributed by atoms with Gasteiger partial charge in [0.05, 0.1) is 25.0 Å². The predicted molar refractivity (Wildman–Crippen MR) is 79.3 cm³/mol. The molecule has 1 aromatic carbocycles. The zero-order valence-electron chi connectivity index (χ0n) is 13.0.